The maximum atomic E-state index is 12.9. The summed E-state index contributed by atoms with van der Waals surface area (Å²) in [4.78, 5) is 16.8. The molecule has 0 saturated heterocycles. The van der Waals surface area contributed by atoms with Crippen LogP contribution in [-0.4, -0.2) is 20.7 Å². The molecule has 5 rings (SSSR count). The van der Waals surface area contributed by atoms with Crippen LogP contribution in [0.4, 0.5) is 5.69 Å². The molecule has 29 heavy (non-hydrogen) atoms. The third-order valence-electron chi connectivity index (χ3n) is 4.79. The predicted molar refractivity (Wildman–Crippen MR) is 112 cm³/mol. The van der Waals surface area contributed by atoms with Crippen LogP contribution in [0.5, 0.6) is 0 Å². The van der Waals surface area contributed by atoms with Crippen LogP contribution in [-0.2, 0) is 11.2 Å². The minimum absolute atomic E-state index is 0.171. The molecule has 0 atom stereocenters. The van der Waals surface area contributed by atoms with Crippen molar-refractivity contribution in [3.63, 3.8) is 0 Å². The van der Waals surface area contributed by atoms with Crippen molar-refractivity contribution < 1.29 is 9.21 Å². The second-order valence-corrected chi connectivity index (χ2v) is 7.08. The van der Waals surface area contributed by atoms with E-state index in [4.69, 9.17) is 16.0 Å². The number of anilines is 1. The van der Waals surface area contributed by atoms with Crippen molar-refractivity contribution in [1.82, 2.24) is 14.8 Å². The highest BCUT2D eigenvalue weighted by Crippen LogP contribution is 2.30. The van der Waals surface area contributed by atoms with Crippen molar-refractivity contribution in [1.29, 1.82) is 0 Å². The number of amides is 1. The monoisotopic (exact) mass is 402 g/mol. The highest BCUT2D eigenvalue weighted by molar-refractivity contribution is 6.31. The van der Waals surface area contributed by atoms with Gasteiger partial charge in [0.2, 0.25) is 5.91 Å². The SMILES string of the molecule is O=C(Cc1coc2ccc3ccccc3c12)Nc1cc(Cl)ccc1-n1cncn1. The molecular formula is C22H15ClN4O2. The van der Waals surface area contributed by atoms with E-state index in [0.29, 0.717) is 16.4 Å². The summed E-state index contributed by atoms with van der Waals surface area (Å²) in [5, 5.41) is 10.7. The van der Waals surface area contributed by atoms with Crippen LogP contribution in [0, 0.1) is 0 Å². The van der Waals surface area contributed by atoms with Gasteiger partial charge in [0.1, 0.15) is 18.2 Å². The van der Waals surface area contributed by atoms with Gasteiger partial charge in [0.15, 0.2) is 0 Å². The smallest absolute Gasteiger partial charge is 0.228 e. The van der Waals surface area contributed by atoms with Gasteiger partial charge in [-0.2, -0.15) is 5.10 Å². The lowest BCUT2D eigenvalue weighted by atomic mass is 10.0. The molecule has 1 amide bonds. The number of hydrogen-bond donors (Lipinski definition) is 1. The van der Waals surface area contributed by atoms with Gasteiger partial charge < -0.3 is 9.73 Å². The zero-order valence-electron chi connectivity index (χ0n) is 15.2. The van der Waals surface area contributed by atoms with Gasteiger partial charge in [0, 0.05) is 16.0 Å². The second kappa shape index (κ2) is 7.07. The summed E-state index contributed by atoms with van der Waals surface area (Å²) in [6.45, 7) is 0. The summed E-state index contributed by atoms with van der Waals surface area (Å²) < 4.78 is 7.26. The Bertz CT molecular complexity index is 1340. The molecule has 0 unspecified atom stereocenters. The van der Waals surface area contributed by atoms with Crippen molar-refractivity contribution >= 4 is 44.9 Å². The topological polar surface area (TPSA) is 73.0 Å². The molecule has 3 aromatic carbocycles. The van der Waals surface area contributed by atoms with E-state index < -0.39 is 0 Å². The van der Waals surface area contributed by atoms with Gasteiger partial charge in [-0.1, -0.05) is 41.9 Å². The minimum Gasteiger partial charge on any atom is -0.464 e. The number of rotatable bonds is 4. The van der Waals surface area contributed by atoms with Crippen molar-refractivity contribution in [2.45, 2.75) is 6.42 Å². The second-order valence-electron chi connectivity index (χ2n) is 6.65. The maximum absolute atomic E-state index is 12.9. The Morgan fingerprint density at radius 3 is 2.90 bits per heavy atom. The summed E-state index contributed by atoms with van der Waals surface area (Å²) >= 11 is 6.14. The van der Waals surface area contributed by atoms with Crippen LogP contribution in [0.1, 0.15) is 5.56 Å². The van der Waals surface area contributed by atoms with Crippen molar-refractivity contribution in [2.24, 2.45) is 0 Å². The summed E-state index contributed by atoms with van der Waals surface area (Å²) in [5.74, 6) is -0.177. The number of benzene rings is 3. The molecule has 0 aliphatic carbocycles. The Kier molecular flexibility index (Phi) is 4.26. The van der Waals surface area contributed by atoms with E-state index in [1.54, 1.807) is 35.5 Å². The summed E-state index contributed by atoms with van der Waals surface area (Å²) in [6.07, 6.45) is 4.81. The van der Waals surface area contributed by atoms with Crippen LogP contribution in [0.15, 0.2) is 77.9 Å². The quantitative estimate of drug-likeness (QED) is 0.459. The molecule has 0 aliphatic rings. The third-order valence-corrected chi connectivity index (χ3v) is 5.02. The van der Waals surface area contributed by atoms with E-state index in [2.05, 4.69) is 15.4 Å². The lowest BCUT2D eigenvalue weighted by Crippen LogP contribution is -2.16. The first-order valence-electron chi connectivity index (χ1n) is 9.01. The zero-order valence-corrected chi connectivity index (χ0v) is 15.9. The van der Waals surface area contributed by atoms with E-state index in [0.717, 1.165) is 27.3 Å². The largest absolute Gasteiger partial charge is 0.464 e. The van der Waals surface area contributed by atoms with E-state index in [-0.39, 0.29) is 12.3 Å². The molecule has 0 saturated carbocycles. The van der Waals surface area contributed by atoms with Gasteiger partial charge in [-0.15, -0.1) is 0 Å². The summed E-state index contributed by atoms with van der Waals surface area (Å²) in [5.41, 5.74) is 2.84. The minimum atomic E-state index is -0.177. The van der Waals surface area contributed by atoms with E-state index in [1.807, 2.05) is 36.4 Å². The summed E-state index contributed by atoms with van der Waals surface area (Å²) in [6, 6.07) is 17.2. The first-order valence-corrected chi connectivity index (χ1v) is 9.39. The number of carbonyl (C=O) groups is 1. The lowest BCUT2D eigenvalue weighted by molar-refractivity contribution is -0.115. The molecule has 0 fully saturated rings. The average Bonchev–Trinajstić information content (AvgIpc) is 3.38. The molecule has 7 heteroatoms. The fourth-order valence-corrected chi connectivity index (χ4v) is 3.68. The first-order chi connectivity index (χ1) is 14.2. The van der Waals surface area contributed by atoms with Crippen LogP contribution in [0.2, 0.25) is 5.02 Å². The molecular weight excluding hydrogens is 388 g/mol. The maximum Gasteiger partial charge on any atom is 0.228 e. The molecule has 2 heterocycles. The number of nitrogens with zero attached hydrogens (tertiary/aromatic N) is 3. The van der Waals surface area contributed by atoms with Crippen LogP contribution >= 0.6 is 11.6 Å². The molecule has 1 N–H and O–H groups in total. The lowest BCUT2D eigenvalue weighted by Gasteiger charge is -2.11. The molecule has 5 aromatic rings. The Hall–Kier alpha value is -3.64. The Morgan fingerprint density at radius 2 is 2.03 bits per heavy atom. The number of aromatic nitrogens is 3. The molecule has 0 radical (unpaired) electrons. The molecule has 0 spiro atoms. The van der Waals surface area contributed by atoms with Gasteiger partial charge >= 0.3 is 0 Å². The number of furan rings is 1. The van der Waals surface area contributed by atoms with E-state index >= 15 is 0 Å². The standard InChI is InChI=1S/C22H15ClN4O2/c23-16-6-7-19(27-13-24-12-25-27)18(10-16)26-21(28)9-15-11-29-20-8-5-14-3-1-2-4-17(14)22(15)20/h1-8,10-13H,9H2,(H,26,28). The van der Waals surface area contributed by atoms with Gasteiger partial charge in [-0.25, -0.2) is 9.67 Å². The molecule has 142 valence electrons. The highest BCUT2D eigenvalue weighted by Gasteiger charge is 2.15. The van der Waals surface area contributed by atoms with Gasteiger partial charge in [0.25, 0.3) is 0 Å². The van der Waals surface area contributed by atoms with E-state index in [1.165, 1.54) is 6.33 Å². The third kappa shape index (κ3) is 3.23. The first kappa shape index (κ1) is 17.5. The molecule has 6 nitrogen and oxygen atoms in total. The van der Waals surface area contributed by atoms with Gasteiger partial charge in [-0.3, -0.25) is 4.79 Å². The Balaban J connectivity index is 1.48. The average molecular weight is 403 g/mol. The Labute approximate surface area is 170 Å². The zero-order chi connectivity index (χ0) is 19.8. The van der Waals surface area contributed by atoms with Crippen molar-refractivity contribution in [3.8, 4) is 5.69 Å². The van der Waals surface area contributed by atoms with Crippen molar-refractivity contribution in [3.05, 3.63) is 84.1 Å². The molecule has 0 bridgehead atoms. The van der Waals surface area contributed by atoms with Crippen LogP contribution < -0.4 is 5.32 Å². The fourth-order valence-electron chi connectivity index (χ4n) is 3.51. The normalized spacial score (nSPS) is 11.2. The fraction of sp³-hybridized carbons (Fsp3) is 0.0455. The number of fused-ring (bicyclic) bond motifs is 3. The van der Waals surface area contributed by atoms with Crippen molar-refractivity contribution in [2.75, 3.05) is 5.32 Å². The van der Waals surface area contributed by atoms with Crippen LogP contribution in [0.3, 0.4) is 0 Å². The number of hydrogen-bond acceptors (Lipinski definition) is 4. The van der Waals surface area contributed by atoms with Gasteiger partial charge in [-0.05, 0) is 35.0 Å². The predicted octanol–water partition coefficient (Wildman–Crippen LogP) is 5.00. The summed E-state index contributed by atoms with van der Waals surface area (Å²) in [7, 11) is 0. The number of halogens is 1. The van der Waals surface area contributed by atoms with Crippen LogP contribution in [0.25, 0.3) is 27.4 Å². The highest BCUT2D eigenvalue weighted by atomic mass is 35.5. The number of carbonyl (C=O) groups excluding carboxylic acids is 1. The Morgan fingerprint density at radius 1 is 1.14 bits per heavy atom. The van der Waals surface area contributed by atoms with E-state index in [9.17, 15) is 4.79 Å². The molecule has 0 aliphatic heterocycles. The van der Waals surface area contributed by atoms with Gasteiger partial charge in [0.05, 0.1) is 24.1 Å². The molecule has 2 aromatic heterocycles. The number of nitrogens with one attached hydrogen (secondary N) is 1.